The first-order valence-electron chi connectivity index (χ1n) is 10.0. The van der Waals surface area contributed by atoms with Crippen LogP contribution >= 0.6 is 0 Å². The molecule has 1 saturated heterocycles. The number of aryl methyl sites for hydroxylation is 1. The predicted molar refractivity (Wildman–Crippen MR) is 109 cm³/mol. The van der Waals surface area contributed by atoms with Crippen LogP contribution in [-0.2, 0) is 33.3 Å². The minimum atomic E-state index is -2.08. The summed E-state index contributed by atoms with van der Waals surface area (Å²) in [7, 11) is 0. The number of hydrogen-bond acceptors (Lipinski definition) is 10. The fourth-order valence-corrected chi connectivity index (χ4v) is 3.47. The number of halogens is 1. The number of benzene rings is 1. The Morgan fingerprint density at radius 1 is 1.00 bits per heavy atom. The molecule has 5 atom stereocenters. The summed E-state index contributed by atoms with van der Waals surface area (Å²) in [5.74, 6) is -2.15. The Kier molecular flexibility index (Phi) is 7.32. The lowest BCUT2D eigenvalue weighted by atomic mass is 9.99. The number of ether oxygens (including phenoxy) is 5. The maximum absolute atomic E-state index is 15.4. The van der Waals surface area contributed by atoms with Crippen LogP contribution in [0, 0.1) is 6.92 Å². The molecule has 178 valence electrons. The molecule has 2 aromatic rings. The lowest BCUT2D eigenvalue weighted by molar-refractivity contribution is -0.271. The predicted octanol–water partition coefficient (Wildman–Crippen LogP) is 1.97. The first kappa shape index (κ1) is 24.2. The number of carbonyl (C=O) groups excluding carboxylic acids is 3. The highest BCUT2D eigenvalue weighted by atomic mass is 19.1. The van der Waals surface area contributed by atoms with Crippen LogP contribution in [0.4, 0.5) is 4.39 Å². The molecule has 1 aromatic carbocycles. The van der Waals surface area contributed by atoms with Crippen LogP contribution in [0.2, 0.25) is 0 Å². The van der Waals surface area contributed by atoms with Crippen molar-refractivity contribution in [2.75, 3.05) is 6.61 Å². The number of rotatable bonds is 6. The lowest BCUT2D eigenvalue weighted by Gasteiger charge is -2.41. The van der Waals surface area contributed by atoms with E-state index in [1.807, 2.05) is 0 Å². The molecule has 0 radical (unpaired) electrons. The number of carbonyl (C=O) groups is 3. The van der Waals surface area contributed by atoms with Gasteiger partial charge in [-0.25, -0.2) is 9.18 Å². The third-order valence-electron chi connectivity index (χ3n) is 4.80. The van der Waals surface area contributed by atoms with Gasteiger partial charge in [-0.3, -0.25) is 14.4 Å². The topological polar surface area (TPSA) is 128 Å². The summed E-state index contributed by atoms with van der Waals surface area (Å²) < 4.78 is 46.9. The molecule has 0 saturated carbocycles. The van der Waals surface area contributed by atoms with Crippen molar-refractivity contribution in [3.8, 4) is 5.75 Å². The van der Waals surface area contributed by atoms with E-state index in [0.717, 1.165) is 20.8 Å². The number of hydrogen-bond donors (Lipinski definition) is 0. The summed E-state index contributed by atoms with van der Waals surface area (Å²) in [5.41, 5.74) is 0.343. The van der Waals surface area contributed by atoms with Crippen molar-refractivity contribution in [3.05, 3.63) is 40.2 Å². The van der Waals surface area contributed by atoms with Crippen LogP contribution in [0.5, 0.6) is 5.75 Å². The van der Waals surface area contributed by atoms with Gasteiger partial charge in [0.05, 0.1) is 0 Å². The van der Waals surface area contributed by atoms with E-state index in [2.05, 4.69) is 0 Å². The standard InChI is InChI=1S/C22H23FO10/c1-10-7-18(27)32-16-8-14(5-6-15(10)16)31-22-19(23)21(30-13(4)26)20(29-12(3)25)17(33-22)9-28-11(2)24/h5-8,17,19-22H,9H2,1-4H3/t17-,19-,20+,21-,22-/m1/s1. The van der Waals surface area contributed by atoms with E-state index in [1.54, 1.807) is 13.0 Å². The molecule has 0 bridgehead atoms. The zero-order valence-electron chi connectivity index (χ0n) is 18.4. The molecule has 2 heterocycles. The molecule has 33 heavy (non-hydrogen) atoms. The van der Waals surface area contributed by atoms with Crippen molar-refractivity contribution in [2.24, 2.45) is 0 Å². The van der Waals surface area contributed by atoms with Gasteiger partial charge < -0.3 is 28.1 Å². The van der Waals surface area contributed by atoms with Crippen molar-refractivity contribution < 1.29 is 46.9 Å². The van der Waals surface area contributed by atoms with Crippen molar-refractivity contribution in [2.45, 2.75) is 58.5 Å². The summed E-state index contributed by atoms with van der Waals surface area (Å²) in [6.45, 7) is 4.64. The Balaban J connectivity index is 1.92. The van der Waals surface area contributed by atoms with Gasteiger partial charge in [0.2, 0.25) is 12.5 Å². The highest BCUT2D eigenvalue weighted by Crippen LogP contribution is 2.31. The van der Waals surface area contributed by atoms with Gasteiger partial charge in [0, 0.05) is 38.3 Å². The number of fused-ring (bicyclic) bond motifs is 1. The Morgan fingerprint density at radius 2 is 1.67 bits per heavy atom. The van der Waals surface area contributed by atoms with Crippen LogP contribution in [0.15, 0.2) is 33.5 Å². The number of alkyl halides is 1. The minimum Gasteiger partial charge on any atom is -0.463 e. The van der Waals surface area contributed by atoms with E-state index in [4.69, 9.17) is 28.1 Å². The largest absolute Gasteiger partial charge is 0.463 e. The fourth-order valence-electron chi connectivity index (χ4n) is 3.47. The highest BCUT2D eigenvalue weighted by molar-refractivity contribution is 5.81. The quantitative estimate of drug-likeness (QED) is 0.354. The maximum atomic E-state index is 15.4. The number of esters is 3. The molecule has 1 fully saturated rings. The molecule has 0 unspecified atom stereocenters. The fraction of sp³-hybridized carbons (Fsp3) is 0.455. The van der Waals surface area contributed by atoms with Gasteiger partial charge in [-0.2, -0.15) is 0 Å². The van der Waals surface area contributed by atoms with Crippen LogP contribution in [-0.4, -0.2) is 55.3 Å². The van der Waals surface area contributed by atoms with Gasteiger partial charge in [0.25, 0.3) is 0 Å². The zero-order valence-corrected chi connectivity index (χ0v) is 18.4. The van der Waals surface area contributed by atoms with Gasteiger partial charge >= 0.3 is 23.5 Å². The third-order valence-corrected chi connectivity index (χ3v) is 4.80. The van der Waals surface area contributed by atoms with Crippen molar-refractivity contribution >= 4 is 28.9 Å². The zero-order chi connectivity index (χ0) is 24.3. The Labute approximate surface area is 187 Å². The molecule has 0 aliphatic carbocycles. The molecule has 1 aliphatic rings. The first-order chi connectivity index (χ1) is 15.5. The van der Waals surface area contributed by atoms with Gasteiger partial charge in [-0.05, 0) is 24.6 Å². The molecule has 3 rings (SSSR count). The van der Waals surface area contributed by atoms with Crippen LogP contribution < -0.4 is 10.4 Å². The van der Waals surface area contributed by atoms with Crippen molar-refractivity contribution in [1.82, 2.24) is 0 Å². The van der Waals surface area contributed by atoms with Gasteiger partial charge in [-0.15, -0.1) is 0 Å². The average molecular weight is 466 g/mol. The molecular weight excluding hydrogens is 443 g/mol. The lowest BCUT2D eigenvalue weighted by Crippen LogP contribution is -2.61. The Hall–Kier alpha value is -3.47. The maximum Gasteiger partial charge on any atom is 0.336 e. The molecule has 1 aromatic heterocycles. The monoisotopic (exact) mass is 466 g/mol. The average Bonchev–Trinajstić information content (AvgIpc) is 2.70. The first-order valence-corrected chi connectivity index (χ1v) is 10.0. The van der Waals surface area contributed by atoms with E-state index in [0.29, 0.717) is 10.9 Å². The summed E-state index contributed by atoms with van der Waals surface area (Å²) in [4.78, 5) is 46.1. The van der Waals surface area contributed by atoms with Crippen molar-refractivity contribution in [1.29, 1.82) is 0 Å². The second kappa shape index (κ2) is 9.99. The summed E-state index contributed by atoms with van der Waals surface area (Å²) in [6, 6.07) is 5.87. The van der Waals surface area contributed by atoms with Crippen LogP contribution in [0.3, 0.4) is 0 Å². The van der Waals surface area contributed by atoms with Crippen molar-refractivity contribution in [3.63, 3.8) is 0 Å². The van der Waals surface area contributed by atoms with E-state index in [-0.39, 0.29) is 11.3 Å². The molecule has 0 spiro atoms. The van der Waals surface area contributed by atoms with E-state index in [1.165, 1.54) is 18.2 Å². The van der Waals surface area contributed by atoms with Gasteiger partial charge in [0.15, 0.2) is 12.2 Å². The molecular formula is C22H23FO10. The third kappa shape index (κ3) is 5.86. The van der Waals surface area contributed by atoms with E-state index < -0.39 is 60.9 Å². The van der Waals surface area contributed by atoms with E-state index in [9.17, 15) is 19.2 Å². The smallest absolute Gasteiger partial charge is 0.336 e. The summed E-state index contributed by atoms with van der Waals surface area (Å²) in [6.07, 6.45) is -7.88. The second-order valence-electron chi connectivity index (χ2n) is 7.46. The highest BCUT2D eigenvalue weighted by Gasteiger charge is 2.52. The molecule has 1 aliphatic heterocycles. The van der Waals surface area contributed by atoms with Gasteiger partial charge in [-0.1, -0.05) is 0 Å². The van der Waals surface area contributed by atoms with Crippen LogP contribution in [0.25, 0.3) is 11.0 Å². The normalized spacial score (nSPS) is 24.7. The minimum absolute atomic E-state index is 0.0997. The Bertz CT molecular complexity index is 1110. The molecule has 10 nitrogen and oxygen atoms in total. The van der Waals surface area contributed by atoms with Crippen LogP contribution in [0.1, 0.15) is 26.3 Å². The SMILES string of the molecule is CC(=O)OC[C@H]1O[C@@H](Oc2ccc3c(C)cc(=O)oc3c2)[C@H](F)[C@@H](OC(C)=O)[C@H]1OC(C)=O. The second-order valence-corrected chi connectivity index (χ2v) is 7.46. The molecule has 0 amide bonds. The molecule has 11 heteroatoms. The molecule has 0 N–H and O–H groups in total. The summed E-state index contributed by atoms with van der Waals surface area (Å²) in [5, 5.41) is 0.656. The van der Waals surface area contributed by atoms with Gasteiger partial charge in [0.1, 0.15) is 24.0 Å². The summed E-state index contributed by atoms with van der Waals surface area (Å²) >= 11 is 0. The Morgan fingerprint density at radius 3 is 2.30 bits per heavy atom. The van der Waals surface area contributed by atoms with E-state index >= 15 is 4.39 Å².